The lowest BCUT2D eigenvalue weighted by Crippen LogP contribution is -2.03. The Kier molecular flexibility index (Phi) is 2.67. The third-order valence-corrected chi connectivity index (χ3v) is 3.52. The van der Waals surface area contributed by atoms with E-state index in [0.717, 1.165) is 5.56 Å². The van der Waals surface area contributed by atoms with Crippen LogP contribution in [0.15, 0.2) is 45.6 Å². The minimum Gasteiger partial charge on any atom is -0.456 e. The van der Waals surface area contributed by atoms with E-state index in [2.05, 4.69) is 13.8 Å². The van der Waals surface area contributed by atoms with Crippen molar-refractivity contribution in [2.45, 2.75) is 26.7 Å². The highest BCUT2D eigenvalue weighted by Gasteiger charge is 2.09. The van der Waals surface area contributed by atoms with Crippen molar-refractivity contribution in [1.29, 1.82) is 0 Å². The second kappa shape index (κ2) is 4.23. The Morgan fingerprint density at radius 3 is 2.47 bits per heavy atom. The van der Waals surface area contributed by atoms with Gasteiger partial charge in [-0.3, -0.25) is 4.79 Å². The summed E-state index contributed by atoms with van der Waals surface area (Å²) in [5.74, 6) is 0.420. The molecular weight excluding hydrogens is 236 g/mol. The highest BCUT2D eigenvalue weighted by molar-refractivity contribution is 5.90. The number of aryl methyl sites for hydroxylation is 1. The first kappa shape index (κ1) is 12.0. The molecule has 2 nitrogen and oxygen atoms in total. The van der Waals surface area contributed by atoms with Gasteiger partial charge in [-0.25, -0.2) is 0 Å². The molecule has 0 spiro atoms. The molecule has 19 heavy (non-hydrogen) atoms. The van der Waals surface area contributed by atoms with Crippen molar-refractivity contribution in [2.75, 3.05) is 0 Å². The van der Waals surface area contributed by atoms with Crippen molar-refractivity contribution in [1.82, 2.24) is 0 Å². The van der Waals surface area contributed by atoms with E-state index >= 15 is 0 Å². The Bertz CT molecular complexity index is 826. The number of rotatable bonds is 1. The molecule has 0 unspecified atom stereocenters. The van der Waals surface area contributed by atoms with Crippen LogP contribution < -0.4 is 5.43 Å². The van der Waals surface area contributed by atoms with Crippen LogP contribution >= 0.6 is 0 Å². The van der Waals surface area contributed by atoms with Gasteiger partial charge in [0.2, 0.25) is 5.43 Å². The summed E-state index contributed by atoms with van der Waals surface area (Å²) in [5, 5.41) is 1.31. The predicted octanol–water partition coefficient (Wildman–Crippen LogP) is 4.38. The highest BCUT2D eigenvalue weighted by Crippen LogP contribution is 2.23. The fraction of sp³-hybridized carbons (Fsp3) is 0.235. The Morgan fingerprint density at radius 2 is 1.74 bits per heavy atom. The van der Waals surface area contributed by atoms with Crippen LogP contribution in [-0.2, 0) is 0 Å². The molecule has 0 saturated heterocycles. The standard InChI is InChI=1S/C17H16O2/c1-10(2)12-5-6-13-16(9-12)19-15-7-4-11(3)8-14(15)17(13)18/h4-10H,1-3H3. The van der Waals surface area contributed by atoms with E-state index in [4.69, 9.17) is 4.42 Å². The minimum atomic E-state index is 0.0512. The summed E-state index contributed by atoms with van der Waals surface area (Å²) in [7, 11) is 0. The summed E-state index contributed by atoms with van der Waals surface area (Å²) in [5.41, 5.74) is 3.63. The Balaban J connectivity index is 2.43. The van der Waals surface area contributed by atoms with Gasteiger partial charge < -0.3 is 4.42 Å². The van der Waals surface area contributed by atoms with Crippen molar-refractivity contribution in [3.63, 3.8) is 0 Å². The van der Waals surface area contributed by atoms with Gasteiger partial charge in [-0.05, 0) is 42.7 Å². The number of hydrogen-bond acceptors (Lipinski definition) is 2. The summed E-state index contributed by atoms with van der Waals surface area (Å²) in [4.78, 5) is 12.5. The van der Waals surface area contributed by atoms with Gasteiger partial charge in [-0.15, -0.1) is 0 Å². The molecule has 0 aliphatic carbocycles. The van der Waals surface area contributed by atoms with Crippen LogP contribution in [0.25, 0.3) is 21.9 Å². The maximum absolute atomic E-state index is 12.5. The van der Waals surface area contributed by atoms with E-state index < -0.39 is 0 Å². The fourth-order valence-corrected chi connectivity index (χ4v) is 2.34. The first-order valence-corrected chi connectivity index (χ1v) is 6.53. The summed E-state index contributed by atoms with van der Waals surface area (Å²) in [6, 6.07) is 11.6. The molecule has 3 aromatic rings. The van der Waals surface area contributed by atoms with Gasteiger partial charge in [0.15, 0.2) is 0 Å². The topological polar surface area (TPSA) is 30.2 Å². The first-order valence-electron chi connectivity index (χ1n) is 6.53. The lowest BCUT2D eigenvalue weighted by molar-refractivity contribution is 0.658. The zero-order valence-corrected chi connectivity index (χ0v) is 11.4. The summed E-state index contributed by atoms with van der Waals surface area (Å²) >= 11 is 0. The lowest BCUT2D eigenvalue weighted by atomic mass is 10.0. The SMILES string of the molecule is Cc1ccc2oc3cc(C(C)C)ccc3c(=O)c2c1. The van der Waals surface area contributed by atoms with E-state index in [-0.39, 0.29) is 5.43 Å². The van der Waals surface area contributed by atoms with E-state index in [9.17, 15) is 4.79 Å². The van der Waals surface area contributed by atoms with Crippen molar-refractivity contribution in [2.24, 2.45) is 0 Å². The van der Waals surface area contributed by atoms with Gasteiger partial charge in [-0.1, -0.05) is 31.5 Å². The van der Waals surface area contributed by atoms with Gasteiger partial charge in [0, 0.05) is 0 Å². The average molecular weight is 252 g/mol. The molecule has 96 valence electrons. The van der Waals surface area contributed by atoms with E-state index in [1.54, 1.807) is 0 Å². The predicted molar refractivity (Wildman–Crippen MR) is 78.8 cm³/mol. The molecule has 0 saturated carbocycles. The van der Waals surface area contributed by atoms with Gasteiger partial charge >= 0.3 is 0 Å². The smallest absolute Gasteiger partial charge is 0.200 e. The number of fused-ring (bicyclic) bond motifs is 2. The van der Waals surface area contributed by atoms with Gasteiger partial charge in [0.1, 0.15) is 11.2 Å². The first-order chi connectivity index (χ1) is 9.06. The van der Waals surface area contributed by atoms with Crippen LogP contribution in [0.1, 0.15) is 30.9 Å². The van der Waals surface area contributed by atoms with E-state index in [0.29, 0.717) is 27.9 Å². The monoisotopic (exact) mass is 252 g/mol. The summed E-state index contributed by atoms with van der Waals surface area (Å²) in [6.45, 7) is 6.23. The van der Waals surface area contributed by atoms with Crippen LogP contribution in [0.4, 0.5) is 0 Å². The van der Waals surface area contributed by atoms with Crippen LogP contribution in [0.5, 0.6) is 0 Å². The molecule has 2 aromatic carbocycles. The van der Waals surface area contributed by atoms with Crippen molar-refractivity contribution >= 4 is 21.9 Å². The van der Waals surface area contributed by atoms with Crippen molar-refractivity contribution in [3.8, 4) is 0 Å². The Morgan fingerprint density at radius 1 is 0.947 bits per heavy atom. The van der Waals surface area contributed by atoms with Gasteiger partial charge in [0.05, 0.1) is 10.8 Å². The highest BCUT2D eigenvalue weighted by atomic mass is 16.3. The molecule has 2 heteroatoms. The largest absolute Gasteiger partial charge is 0.456 e. The molecule has 1 aromatic heterocycles. The van der Waals surface area contributed by atoms with Gasteiger partial charge in [0.25, 0.3) is 0 Å². The average Bonchev–Trinajstić information content (AvgIpc) is 2.39. The molecule has 3 rings (SSSR count). The number of benzene rings is 2. The molecule has 0 radical (unpaired) electrons. The maximum atomic E-state index is 12.5. The Hall–Kier alpha value is -2.09. The summed E-state index contributed by atoms with van der Waals surface area (Å²) in [6.07, 6.45) is 0. The number of hydrogen-bond donors (Lipinski definition) is 0. The van der Waals surface area contributed by atoms with Crippen LogP contribution in [0, 0.1) is 6.92 Å². The summed E-state index contributed by atoms with van der Waals surface area (Å²) < 4.78 is 5.87. The fourth-order valence-electron chi connectivity index (χ4n) is 2.34. The van der Waals surface area contributed by atoms with Gasteiger partial charge in [-0.2, -0.15) is 0 Å². The molecule has 0 aliphatic heterocycles. The van der Waals surface area contributed by atoms with Crippen molar-refractivity contribution < 1.29 is 4.42 Å². The molecule has 0 aliphatic rings. The maximum Gasteiger partial charge on any atom is 0.200 e. The molecule has 1 heterocycles. The molecule has 0 bridgehead atoms. The third-order valence-electron chi connectivity index (χ3n) is 3.52. The van der Waals surface area contributed by atoms with Crippen LogP contribution in [0.3, 0.4) is 0 Å². The van der Waals surface area contributed by atoms with Crippen LogP contribution in [0.2, 0.25) is 0 Å². The zero-order chi connectivity index (χ0) is 13.6. The molecule has 0 N–H and O–H groups in total. The van der Waals surface area contributed by atoms with E-state index in [1.807, 2.05) is 43.3 Å². The second-order valence-corrected chi connectivity index (χ2v) is 5.34. The van der Waals surface area contributed by atoms with E-state index in [1.165, 1.54) is 5.56 Å². The molecule has 0 atom stereocenters. The molecule has 0 fully saturated rings. The minimum absolute atomic E-state index is 0.0512. The quantitative estimate of drug-likeness (QED) is 0.602. The second-order valence-electron chi connectivity index (χ2n) is 5.34. The Labute approximate surface area is 111 Å². The van der Waals surface area contributed by atoms with Crippen molar-refractivity contribution in [3.05, 3.63) is 57.7 Å². The lowest BCUT2D eigenvalue weighted by Gasteiger charge is -2.07. The third kappa shape index (κ3) is 1.93. The zero-order valence-electron chi connectivity index (χ0n) is 11.4. The normalized spacial score (nSPS) is 11.6. The molecule has 0 amide bonds. The molecular formula is C17H16O2. The van der Waals surface area contributed by atoms with Crippen LogP contribution in [-0.4, -0.2) is 0 Å².